The highest BCUT2D eigenvalue weighted by molar-refractivity contribution is 5.93. The van der Waals surface area contributed by atoms with Gasteiger partial charge in [-0.25, -0.2) is 0 Å². The maximum absolute atomic E-state index is 13.7. The van der Waals surface area contributed by atoms with Gasteiger partial charge >= 0.3 is 0 Å². The number of para-hydroxylation sites is 1. The van der Waals surface area contributed by atoms with Crippen LogP contribution in [0.25, 0.3) is 0 Å². The number of nitrogens with zero attached hydrogens (tertiary/aromatic N) is 1. The number of aliphatic hydroxyl groups excluding tert-OH is 1. The number of hydrogen-bond donors (Lipinski definition) is 4. The quantitative estimate of drug-likeness (QED) is 0.428. The smallest absolute Gasteiger partial charge is 0.246 e. The van der Waals surface area contributed by atoms with Crippen LogP contribution in [0, 0.1) is 5.92 Å². The molecule has 0 aromatic heterocycles. The summed E-state index contributed by atoms with van der Waals surface area (Å²) in [6, 6.07) is 14.8. The lowest BCUT2D eigenvalue weighted by Crippen LogP contribution is -2.60. The van der Waals surface area contributed by atoms with Crippen LogP contribution in [0.3, 0.4) is 0 Å². The van der Waals surface area contributed by atoms with E-state index in [4.69, 9.17) is 4.74 Å². The van der Waals surface area contributed by atoms with E-state index in [0.717, 1.165) is 23.3 Å². The van der Waals surface area contributed by atoms with Gasteiger partial charge < -0.3 is 30.7 Å². The number of allylic oxidation sites excluding steroid dienone is 1. The molecule has 1 heterocycles. The summed E-state index contributed by atoms with van der Waals surface area (Å²) in [6.07, 6.45) is 4.42. The van der Waals surface area contributed by atoms with E-state index in [2.05, 4.69) is 16.0 Å². The second kappa shape index (κ2) is 15.9. The zero-order valence-electron chi connectivity index (χ0n) is 24.5. The molecule has 0 saturated carbocycles. The Balaban J connectivity index is 1.92. The molecule has 222 valence electrons. The molecule has 9 heteroatoms. The standard InChI is InChI=1S/C32H44N4O5/c1-5-22(2)28-32(40)36(4)29(23(3)37)31(39)35-26(18-17-24-12-7-6-8-13-24)30(38)34-19-11-15-25-14-9-10-16-27(25)41-21-20-33-28/h6-14,16,19,22-23,26,28-29,33,37H,5,15,17-18,20-21H2,1-4H3,(H,34,38)(H,35,39)/b19-11-/t22?,23?,26-,28+,29+/m1/s1. The Morgan fingerprint density at radius 1 is 1.02 bits per heavy atom. The molecule has 9 nitrogen and oxygen atoms in total. The summed E-state index contributed by atoms with van der Waals surface area (Å²) in [7, 11) is 1.52. The number of amides is 3. The minimum absolute atomic E-state index is 0.0323. The monoisotopic (exact) mass is 564 g/mol. The average molecular weight is 565 g/mol. The molecule has 0 saturated heterocycles. The van der Waals surface area contributed by atoms with E-state index in [0.29, 0.717) is 32.4 Å². The maximum Gasteiger partial charge on any atom is 0.246 e. The number of fused-ring (bicyclic) bond motifs is 1. The number of benzene rings is 2. The van der Waals surface area contributed by atoms with Crippen LogP contribution < -0.4 is 20.7 Å². The summed E-state index contributed by atoms with van der Waals surface area (Å²) in [4.78, 5) is 41.8. The van der Waals surface area contributed by atoms with Gasteiger partial charge in [0.05, 0.1) is 12.1 Å². The van der Waals surface area contributed by atoms with Crippen molar-refractivity contribution < 1.29 is 24.2 Å². The molecule has 0 bridgehead atoms. The van der Waals surface area contributed by atoms with Gasteiger partial charge in [-0.2, -0.15) is 0 Å². The molecule has 2 aromatic rings. The van der Waals surface area contributed by atoms with Crippen molar-refractivity contribution in [1.82, 2.24) is 20.9 Å². The molecule has 4 N–H and O–H groups in total. The highest BCUT2D eigenvalue weighted by atomic mass is 16.5. The molecule has 0 aliphatic carbocycles. The summed E-state index contributed by atoms with van der Waals surface area (Å²) < 4.78 is 6.03. The highest BCUT2D eigenvalue weighted by Crippen LogP contribution is 2.19. The lowest BCUT2D eigenvalue weighted by atomic mass is 9.96. The van der Waals surface area contributed by atoms with Gasteiger partial charge in [-0.15, -0.1) is 0 Å². The molecule has 0 radical (unpaired) electrons. The van der Waals surface area contributed by atoms with Crippen LogP contribution in [0.5, 0.6) is 5.75 Å². The Morgan fingerprint density at radius 3 is 2.44 bits per heavy atom. The van der Waals surface area contributed by atoms with E-state index in [1.165, 1.54) is 18.9 Å². The normalized spacial score (nSPS) is 23.6. The molecule has 1 aliphatic rings. The third-order valence-corrected chi connectivity index (χ3v) is 7.54. The van der Waals surface area contributed by atoms with Crippen molar-refractivity contribution in [2.75, 3.05) is 20.2 Å². The Bertz CT molecular complexity index is 1170. The zero-order valence-corrected chi connectivity index (χ0v) is 24.5. The third-order valence-electron chi connectivity index (χ3n) is 7.54. The number of aliphatic hydroxyl groups is 1. The molecule has 5 atom stereocenters. The van der Waals surface area contributed by atoms with Gasteiger partial charge in [0, 0.05) is 19.8 Å². The number of carbonyl (C=O) groups is 3. The van der Waals surface area contributed by atoms with Gasteiger partial charge in [-0.3, -0.25) is 14.4 Å². The summed E-state index contributed by atoms with van der Waals surface area (Å²) >= 11 is 0. The van der Waals surface area contributed by atoms with Crippen LogP contribution >= 0.6 is 0 Å². The third kappa shape index (κ3) is 9.16. The summed E-state index contributed by atoms with van der Waals surface area (Å²) in [6.45, 7) is 6.20. The first-order valence-corrected chi connectivity index (χ1v) is 14.4. The molecular formula is C32H44N4O5. The molecule has 41 heavy (non-hydrogen) atoms. The topological polar surface area (TPSA) is 120 Å². The molecule has 3 rings (SSSR count). The average Bonchev–Trinajstić information content (AvgIpc) is 2.97. The molecule has 0 spiro atoms. The largest absolute Gasteiger partial charge is 0.492 e. The van der Waals surface area contributed by atoms with E-state index in [1.807, 2.05) is 74.5 Å². The lowest BCUT2D eigenvalue weighted by Gasteiger charge is -2.35. The predicted molar refractivity (Wildman–Crippen MR) is 159 cm³/mol. The Labute approximate surface area is 243 Å². The maximum atomic E-state index is 13.7. The van der Waals surface area contributed by atoms with E-state index in [-0.39, 0.29) is 17.7 Å². The first kappa shape index (κ1) is 31.8. The number of rotatable bonds is 6. The number of hydrogen-bond acceptors (Lipinski definition) is 6. The van der Waals surface area contributed by atoms with Crippen LogP contribution in [0.2, 0.25) is 0 Å². The van der Waals surface area contributed by atoms with E-state index >= 15 is 0 Å². The first-order chi connectivity index (χ1) is 19.7. The van der Waals surface area contributed by atoms with Crippen molar-refractivity contribution in [3.63, 3.8) is 0 Å². The van der Waals surface area contributed by atoms with Crippen molar-refractivity contribution in [1.29, 1.82) is 0 Å². The van der Waals surface area contributed by atoms with Gasteiger partial charge in [-0.1, -0.05) is 74.9 Å². The van der Waals surface area contributed by atoms with Gasteiger partial charge in [0.2, 0.25) is 17.7 Å². The minimum Gasteiger partial charge on any atom is -0.492 e. The molecule has 1 aliphatic heterocycles. The van der Waals surface area contributed by atoms with Crippen molar-refractivity contribution in [3.05, 3.63) is 78.0 Å². The van der Waals surface area contributed by atoms with Crippen molar-refractivity contribution in [2.24, 2.45) is 5.92 Å². The number of aryl methyl sites for hydroxylation is 1. The van der Waals surface area contributed by atoms with Crippen molar-refractivity contribution in [3.8, 4) is 5.75 Å². The van der Waals surface area contributed by atoms with E-state index in [9.17, 15) is 19.5 Å². The molecule has 2 unspecified atom stereocenters. The fourth-order valence-corrected chi connectivity index (χ4v) is 4.94. The summed E-state index contributed by atoms with van der Waals surface area (Å²) in [5.74, 6) is -0.578. The van der Waals surface area contributed by atoms with Crippen LogP contribution in [0.15, 0.2) is 66.9 Å². The minimum atomic E-state index is -1.18. The zero-order chi connectivity index (χ0) is 29.8. The summed E-state index contributed by atoms with van der Waals surface area (Å²) in [5.41, 5.74) is 1.99. The SMILES string of the molecule is CCC(C)[C@@H]1NCCOc2ccccc2C/C=C\NC(=O)[C@@H](CCc2ccccc2)NC(=O)[C@H](C(C)O)N(C)C1=O. The number of ether oxygens (including phenoxy) is 1. The van der Waals surface area contributed by atoms with Crippen LogP contribution in [0.1, 0.15) is 44.7 Å². The fourth-order valence-electron chi connectivity index (χ4n) is 4.94. The van der Waals surface area contributed by atoms with E-state index < -0.39 is 30.1 Å². The second-order valence-corrected chi connectivity index (χ2v) is 10.6. The van der Waals surface area contributed by atoms with Crippen molar-refractivity contribution >= 4 is 17.7 Å². The molecule has 0 fully saturated rings. The van der Waals surface area contributed by atoms with Crippen LogP contribution in [-0.4, -0.2) is 72.2 Å². The fraction of sp³-hybridized carbons (Fsp3) is 0.469. The number of nitrogens with one attached hydrogen (secondary N) is 3. The number of carbonyl (C=O) groups excluding carboxylic acids is 3. The Morgan fingerprint density at radius 2 is 1.73 bits per heavy atom. The molecule has 2 aromatic carbocycles. The second-order valence-electron chi connectivity index (χ2n) is 10.6. The van der Waals surface area contributed by atoms with Gasteiger partial charge in [-0.05, 0) is 49.3 Å². The van der Waals surface area contributed by atoms with Crippen LogP contribution in [0.4, 0.5) is 0 Å². The van der Waals surface area contributed by atoms with Crippen molar-refractivity contribution in [2.45, 2.75) is 70.7 Å². The molecular weight excluding hydrogens is 520 g/mol. The van der Waals surface area contributed by atoms with Gasteiger partial charge in [0.15, 0.2) is 0 Å². The van der Waals surface area contributed by atoms with Crippen LogP contribution in [-0.2, 0) is 27.2 Å². The van der Waals surface area contributed by atoms with E-state index in [1.54, 1.807) is 6.20 Å². The Hall–Kier alpha value is -3.69. The predicted octanol–water partition coefficient (Wildman–Crippen LogP) is 2.58. The Kier molecular flexibility index (Phi) is 12.4. The van der Waals surface area contributed by atoms with Gasteiger partial charge in [0.1, 0.15) is 24.4 Å². The lowest BCUT2D eigenvalue weighted by molar-refractivity contribution is -0.146. The highest BCUT2D eigenvalue weighted by Gasteiger charge is 2.37. The summed E-state index contributed by atoms with van der Waals surface area (Å²) in [5, 5.41) is 19.5. The first-order valence-electron chi connectivity index (χ1n) is 14.4. The molecule has 3 amide bonds. The van der Waals surface area contributed by atoms with Gasteiger partial charge in [0.25, 0.3) is 0 Å². The number of likely N-dealkylation sites (N-methyl/N-ethyl adjacent to an activating group) is 1.